The minimum absolute atomic E-state index is 0.0109. The molecule has 1 N–H and O–H groups in total. The fraction of sp³-hybridized carbons (Fsp3) is 0.692. The summed E-state index contributed by atoms with van der Waals surface area (Å²) in [6, 6.07) is 0. The third-order valence-corrected chi connectivity index (χ3v) is 9.23. The molecule has 0 aliphatic carbocycles. The van der Waals surface area contributed by atoms with Gasteiger partial charge in [0.05, 0.1) is 25.8 Å². The Hall–Kier alpha value is -2.01. The molecule has 0 aromatic heterocycles. The summed E-state index contributed by atoms with van der Waals surface area (Å²) in [7, 11) is -3.83. The molecule has 0 saturated carbocycles. The van der Waals surface area contributed by atoms with Gasteiger partial charge in [-0.05, 0) is 112 Å². The van der Waals surface area contributed by atoms with Crippen molar-refractivity contribution in [3.05, 3.63) is 58.2 Å². The molecule has 0 fully saturated rings. The van der Waals surface area contributed by atoms with E-state index < -0.39 is 13.6 Å². The zero-order chi connectivity index (χ0) is 34.6. The number of Topliss-reactive ketones (excluding diaryl/α,β-unsaturated/α-hetero) is 1. The van der Waals surface area contributed by atoms with Gasteiger partial charge in [-0.3, -0.25) is 14.2 Å². The van der Waals surface area contributed by atoms with Gasteiger partial charge in [0.25, 0.3) is 0 Å². The van der Waals surface area contributed by atoms with Gasteiger partial charge in [-0.25, -0.2) is 0 Å². The highest BCUT2D eigenvalue weighted by Gasteiger charge is 2.21. The van der Waals surface area contributed by atoms with Crippen molar-refractivity contribution in [2.45, 2.75) is 158 Å². The maximum Gasteiger partial charge on any atom is 0.328 e. The van der Waals surface area contributed by atoms with E-state index in [1.54, 1.807) is 0 Å². The van der Waals surface area contributed by atoms with Gasteiger partial charge in [-0.15, -0.1) is 0 Å². The average molecular weight is 663 g/mol. The summed E-state index contributed by atoms with van der Waals surface area (Å²) in [4.78, 5) is 33.9. The number of ketones is 1. The number of carbonyl (C=O) groups is 2. The molecule has 0 rings (SSSR count). The predicted octanol–water partition coefficient (Wildman–Crippen LogP) is 11.7. The van der Waals surface area contributed by atoms with E-state index in [0.717, 1.165) is 83.5 Å². The summed E-state index contributed by atoms with van der Waals surface area (Å²) in [6.45, 7) is 15.7. The summed E-state index contributed by atoms with van der Waals surface area (Å²) < 4.78 is 22.7. The summed E-state index contributed by atoms with van der Waals surface area (Å²) in [5, 5.41) is 0. The fourth-order valence-electron chi connectivity index (χ4n) is 4.79. The molecule has 46 heavy (non-hydrogen) atoms. The maximum atomic E-state index is 12.3. The summed E-state index contributed by atoms with van der Waals surface area (Å²) in [5.41, 5.74) is 7.00. The zero-order valence-electron chi connectivity index (χ0n) is 30.5. The van der Waals surface area contributed by atoms with Gasteiger partial charge in [-0.1, -0.05) is 84.4 Å². The third-order valence-electron chi connectivity index (χ3n) is 7.86. The van der Waals surface area contributed by atoms with Crippen molar-refractivity contribution in [2.75, 3.05) is 19.4 Å². The first kappa shape index (κ1) is 44.0. The topological polar surface area (TPSA) is 89.9 Å². The molecule has 1 atom stereocenters. The Balaban J connectivity index is 4.09. The Morgan fingerprint density at radius 1 is 0.587 bits per heavy atom. The number of esters is 1. The van der Waals surface area contributed by atoms with Crippen molar-refractivity contribution >= 4 is 19.3 Å². The van der Waals surface area contributed by atoms with E-state index in [9.17, 15) is 19.0 Å². The summed E-state index contributed by atoms with van der Waals surface area (Å²) in [6.07, 6.45) is 25.6. The second-order valence-corrected chi connectivity index (χ2v) is 15.0. The maximum absolute atomic E-state index is 12.3. The number of unbranched alkanes of at least 4 members (excludes halogenated alkanes) is 4. The molecule has 1 unspecified atom stereocenters. The minimum Gasteiger partial charge on any atom is -0.466 e. The molecule has 0 aromatic rings. The first-order valence-electron chi connectivity index (χ1n) is 17.7. The van der Waals surface area contributed by atoms with Crippen molar-refractivity contribution in [3.63, 3.8) is 0 Å². The summed E-state index contributed by atoms with van der Waals surface area (Å²) in [5.74, 6) is -0.618. The number of carbonyl (C=O) groups excluding carboxylic acids is 2. The van der Waals surface area contributed by atoms with Crippen LogP contribution < -0.4 is 0 Å². The lowest BCUT2D eigenvalue weighted by atomic mass is 10.0. The Morgan fingerprint density at radius 3 is 1.65 bits per heavy atom. The second-order valence-electron chi connectivity index (χ2n) is 13.0. The van der Waals surface area contributed by atoms with Crippen LogP contribution in [0.2, 0.25) is 0 Å². The van der Waals surface area contributed by atoms with Gasteiger partial charge in [0.15, 0.2) is 0 Å². The highest BCUT2D eigenvalue weighted by Crippen LogP contribution is 2.42. The first-order chi connectivity index (χ1) is 21.8. The van der Waals surface area contributed by atoms with E-state index in [2.05, 4.69) is 78.8 Å². The molecule has 0 saturated heterocycles. The van der Waals surface area contributed by atoms with Crippen molar-refractivity contribution in [1.29, 1.82) is 0 Å². The van der Waals surface area contributed by atoms with E-state index in [4.69, 9.17) is 9.26 Å². The number of ether oxygens (including phenoxy) is 1. The van der Waals surface area contributed by atoms with Crippen LogP contribution in [0, 0.1) is 0 Å². The molecule has 7 heteroatoms. The monoisotopic (exact) mass is 662 g/mol. The van der Waals surface area contributed by atoms with Crippen LogP contribution >= 0.6 is 7.60 Å². The van der Waals surface area contributed by atoms with Gasteiger partial charge in [0, 0.05) is 12.8 Å². The normalized spacial score (nSPS) is 14.3. The van der Waals surface area contributed by atoms with E-state index in [-0.39, 0.29) is 37.8 Å². The Labute approximate surface area is 282 Å². The first-order valence-corrected chi connectivity index (χ1v) is 19.5. The van der Waals surface area contributed by atoms with Gasteiger partial charge in [0.1, 0.15) is 5.78 Å². The number of allylic oxidation sites excluding steroid dienone is 10. The summed E-state index contributed by atoms with van der Waals surface area (Å²) >= 11 is 0. The van der Waals surface area contributed by atoms with Gasteiger partial charge in [0.2, 0.25) is 0 Å². The van der Waals surface area contributed by atoms with Gasteiger partial charge in [-0.2, -0.15) is 0 Å². The van der Waals surface area contributed by atoms with Crippen LogP contribution in [0.1, 0.15) is 158 Å². The van der Waals surface area contributed by atoms with Crippen LogP contribution in [0.5, 0.6) is 0 Å². The molecule has 0 bridgehead atoms. The van der Waals surface area contributed by atoms with Crippen molar-refractivity contribution in [2.24, 2.45) is 0 Å². The highest BCUT2D eigenvalue weighted by molar-refractivity contribution is 7.52. The number of hydrogen-bond donors (Lipinski definition) is 1. The SMILES string of the molecule is CCCCCCOC(=O)CCC(=O)CCP(=O)(O)OCCC/C(C)=C/CC/C(C)=C/CC/C=C(\C)CC/C=C(\C)CCC=C(C)C. The molecule has 0 heterocycles. The lowest BCUT2D eigenvalue weighted by molar-refractivity contribution is -0.144. The second kappa shape index (κ2) is 28.0. The lowest BCUT2D eigenvalue weighted by Crippen LogP contribution is -2.10. The highest BCUT2D eigenvalue weighted by atomic mass is 31.2. The van der Waals surface area contributed by atoms with E-state index >= 15 is 0 Å². The fourth-order valence-corrected chi connectivity index (χ4v) is 5.87. The Kier molecular flexibility index (Phi) is 26.8. The largest absolute Gasteiger partial charge is 0.466 e. The Bertz CT molecular complexity index is 1060. The Morgan fingerprint density at radius 2 is 1.11 bits per heavy atom. The average Bonchev–Trinajstić information content (AvgIpc) is 2.99. The molecular formula is C39H67O6P. The zero-order valence-corrected chi connectivity index (χ0v) is 31.4. The molecule has 0 aliphatic heterocycles. The quantitative estimate of drug-likeness (QED) is 0.0388. The standard InChI is InChI=1S/C39H67O6P/c1-8-9-10-13-30-44-39(41)28-27-38(40)29-32-46(42,43)45-31-17-26-37(7)25-16-23-35(5)20-12-11-19-34(4)22-15-24-36(6)21-14-18-33(2)3/h18-20,24-25H,8-17,21-23,26-32H2,1-7H3,(H,42,43)/b34-19+,35-20+,36-24+,37-25+. The lowest BCUT2D eigenvalue weighted by Gasteiger charge is -2.12. The molecule has 0 spiro atoms. The van der Waals surface area contributed by atoms with Gasteiger partial charge >= 0.3 is 13.6 Å². The minimum atomic E-state index is -3.83. The van der Waals surface area contributed by atoms with E-state index in [0.29, 0.717) is 13.0 Å². The van der Waals surface area contributed by atoms with Crippen molar-refractivity contribution in [1.82, 2.24) is 0 Å². The molecule has 0 radical (unpaired) electrons. The molecule has 0 aliphatic rings. The third kappa shape index (κ3) is 29.4. The van der Waals surface area contributed by atoms with E-state index in [1.165, 1.54) is 27.9 Å². The van der Waals surface area contributed by atoms with Crippen LogP contribution in [0.15, 0.2) is 58.2 Å². The van der Waals surface area contributed by atoms with Crippen LogP contribution in [0.3, 0.4) is 0 Å². The van der Waals surface area contributed by atoms with Crippen LogP contribution in [0.4, 0.5) is 0 Å². The molecule has 0 amide bonds. The van der Waals surface area contributed by atoms with E-state index in [1.807, 2.05) is 0 Å². The van der Waals surface area contributed by atoms with Gasteiger partial charge < -0.3 is 14.2 Å². The molecule has 0 aromatic carbocycles. The number of rotatable bonds is 28. The van der Waals surface area contributed by atoms with Crippen LogP contribution in [-0.2, 0) is 23.4 Å². The van der Waals surface area contributed by atoms with Crippen molar-refractivity contribution in [3.8, 4) is 0 Å². The van der Waals surface area contributed by atoms with Crippen LogP contribution in [-0.4, -0.2) is 36.0 Å². The predicted molar refractivity (Wildman–Crippen MR) is 195 cm³/mol. The number of hydrogen-bond acceptors (Lipinski definition) is 5. The molecule has 264 valence electrons. The van der Waals surface area contributed by atoms with Crippen molar-refractivity contribution < 1.29 is 28.3 Å². The molecular weight excluding hydrogens is 595 g/mol. The smallest absolute Gasteiger partial charge is 0.328 e. The molecule has 6 nitrogen and oxygen atoms in total. The van der Waals surface area contributed by atoms with Crippen LogP contribution in [0.25, 0.3) is 0 Å².